The molecule has 20 heavy (non-hydrogen) atoms. The molecular formula is C13H20F2N2O2S. The third kappa shape index (κ3) is 5.05. The number of rotatable bonds is 7. The molecule has 0 radical (unpaired) electrons. The third-order valence-electron chi connectivity index (χ3n) is 2.68. The SMILES string of the molecule is Cc1ccc(F)c(NS(=O)(=O)CCCNC(C)C)c1F. The Balaban J connectivity index is 2.70. The molecule has 0 unspecified atom stereocenters. The van der Waals surface area contributed by atoms with Gasteiger partial charge in [0, 0.05) is 6.04 Å². The molecule has 0 atom stereocenters. The van der Waals surface area contributed by atoms with Gasteiger partial charge in [-0.2, -0.15) is 0 Å². The van der Waals surface area contributed by atoms with Crippen molar-refractivity contribution in [3.8, 4) is 0 Å². The molecule has 0 aliphatic carbocycles. The van der Waals surface area contributed by atoms with Crippen LogP contribution in [0.1, 0.15) is 25.8 Å². The van der Waals surface area contributed by atoms with Gasteiger partial charge >= 0.3 is 0 Å². The summed E-state index contributed by atoms with van der Waals surface area (Å²) in [6.07, 6.45) is 0.364. The van der Waals surface area contributed by atoms with Crippen LogP contribution in [0, 0.1) is 18.6 Å². The molecule has 1 rings (SSSR count). The molecule has 0 aromatic heterocycles. The van der Waals surface area contributed by atoms with Crippen LogP contribution in [-0.4, -0.2) is 26.8 Å². The summed E-state index contributed by atoms with van der Waals surface area (Å²) in [5.74, 6) is -2.00. The Morgan fingerprint density at radius 3 is 2.50 bits per heavy atom. The first-order chi connectivity index (χ1) is 9.23. The van der Waals surface area contributed by atoms with E-state index in [1.807, 2.05) is 18.6 Å². The van der Waals surface area contributed by atoms with Crippen LogP contribution in [-0.2, 0) is 10.0 Å². The molecule has 0 fully saturated rings. The van der Waals surface area contributed by atoms with Crippen molar-refractivity contribution in [1.82, 2.24) is 5.32 Å². The Morgan fingerprint density at radius 2 is 1.90 bits per heavy atom. The molecular weight excluding hydrogens is 286 g/mol. The van der Waals surface area contributed by atoms with Crippen LogP contribution in [0.25, 0.3) is 0 Å². The highest BCUT2D eigenvalue weighted by Gasteiger charge is 2.18. The van der Waals surface area contributed by atoms with Crippen molar-refractivity contribution in [2.75, 3.05) is 17.0 Å². The van der Waals surface area contributed by atoms with Crippen LogP contribution in [0.15, 0.2) is 12.1 Å². The monoisotopic (exact) mass is 306 g/mol. The molecule has 4 nitrogen and oxygen atoms in total. The van der Waals surface area contributed by atoms with Gasteiger partial charge in [0.1, 0.15) is 11.5 Å². The van der Waals surface area contributed by atoms with Crippen molar-refractivity contribution in [3.05, 3.63) is 29.3 Å². The second-order valence-electron chi connectivity index (χ2n) is 4.94. The Bertz CT molecular complexity index is 560. The van der Waals surface area contributed by atoms with E-state index in [1.54, 1.807) is 0 Å². The quantitative estimate of drug-likeness (QED) is 0.761. The normalized spacial score (nSPS) is 11.9. The van der Waals surface area contributed by atoms with Crippen molar-refractivity contribution in [2.45, 2.75) is 33.2 Å². The topological polar surface area (TPSA) is 58.2 Å². The van der Waals surface area contributed by atoms with Crippen LogP contribution in [0.3, 0.4) is 0 Å². The fraction of sp³-hybridized carbons (Fsp3) is 0.538. The Morgan fingerprint density at radius 1 is 1.25 bits per heavy atom. The predicted molar refractivity (Wildman–Crippen MR) is 76.3 cm³/mol. The van der Waals surface area contributed by atoms with Crippen molar-refractivity contribution in [2.24, 2.45) is 0 Å². The lowest BCUT2D eigenvalue weighted by Gasteiger charge is -2.12. The minimum atomic E-state index is -3.76. The minimum absolute atomic E-state index is 0.186. The van der Waals surface area contributed by atoms with Gasteiger partial charge < -0.3 is 5.32 Å². The summed E-state index contributed by atoms with van der Waals surface area (Å²) < 4.78 is 52.7. The number of sulfonamides is 1. The molecule has 2 N–H and O–H groups in total. The number of hydrogen-bond acceptors (Lipinski definition) is 3. The molecule has 1 aromatic carbocycles. The van der Waals surface area contributed by atoms with Crippen molar-refractivity contribution < 1.29 is 17.2 Å². The summed E-state index contributed by atoms with van der Waals surface area (Å²) in [6.45, 7) is 5.87. The van der Waals surface area contributed by atoms with Gasteiger partial charge in [0.05, 0.1) is 5.75 Å². The van der Waals surface area contributed by atoms with Crippen LogP contribution in [0.2, 0.25) is 0 Å². The highest BCUT2D eigenvalue weighted by molar-refractivity contribution is 7.92. The standard InChI is InChI=1S/C13H20F2N2O2S/c1-9(2)16-7-4-8-20(18,19)17-13-11(14)6-5-10(3)12(13)15/h5-6,9,16-17H,4,7-8H2,1-3H3. The lowest BCUT2D eigenvalue weighted by molar-refractivity contribution is 0.567. The second kappa shape index (κ2) is 6.99. The van der Waals surface area contributed by atoms with E-state index >= 15 is 0 Å². The fourth-order valence-electron chi connectivity index (χ4n) is 1.61. The highest BCUT2D eigenvalue weighted by atomic mass is 32.2. The Labute approximate surface area is 118 Å². The maximum atomic E-state index is 13.7. The van der Waals surface area contributed by atoms with Crippen molar-refractivity contribution in [1.29, 1.82) is 0 Å². The Hall–Kier alpha value is -1.21. The maximum absolute atomic E-state index is 13.7. The predicted octanol–water partition coefficient (Wildman–Crippen LogP) is 2.40. The minimum Gasteiger partial charge on any atom is -0.314 e. The number of nitrogens with one attached hydrogen (secondary N) is 2. The van der Waals surface area contributed by atoms with Crippen LogP contribution < -0.4 is 10.0 Å². The van der Waals surface area contributed by atoms with E-state index < -0.39 is 27.3 Å². The zero-order valence-corrected chi connectivity index (χ0v) is 12.7. The molecule has 7 heteroatoms. The summed E-state index contributed by atoms with van der Waals surface area (Å²) in [7, 11) is -3.76. The van der Waals surface area contributed by atoms with Gasteiger partial charge in [0.25, 0.3) is 0 Å². The third-order valence-corrected chi connectivity index (χ3v) is 4.03. The summed E-state index contributed by atoms with van der Waals surface area (Å²) in [5, 5.41) is 3.07. The summed E-state index contributed by atoms with van der Waals surface area (Å²) in [6, 6.07) is 2.56. The van der Waals surface area contributed by atoms with E-state index in [4.69, 9.17) is 0 Å². The van der Waals surface area contributed by atoms with E-state index in [0.29, 0.717) is 13.0 Å². The van der Waals surface area contributed by atoms with Gasteiger partial charge in [0.15, 0.2) is 5.82 Å². The van der Waals surface area contributed by atoms with E-state index in [9.17, 15) is 17.2 Å². The first kappa shape index (κ1) is 16.8. The molecule has 1 aromatic rings. The van der Waals surface area contributed by atoms with Gasteiger partial charge in [0.2, 0.25) is 10.0 Å². The zero-order valence-electron chi connectivity index (χ0n) is 11.8. The number of aryl methyl sites for hydroxylation is 1. The van der Waals surface area contributed by atoms with Gasteiger partial charge in [-0.25, -0.2) is 17.2 Å². The Kier molecular flexibility index (Phi) is 5.88. The lowest BCUT2D eigenvalue weighted by Crippen LogP contribution is -2.27. The first-order valence-electron chi connectivity index (χ1n) is 6.41. The molecule has 0 saturated heterocycles. The van der Waals surface area contributed by atoms with Crippen molar-refractivity contribution in [3.63, 3.8) is 0 Å². The summed E-state index contributed by atoms with van der Waals surface area (Å²) in [4.78, 5) is 0. The molecule has 0 spiro atoms. The average molecular weight is 306 g/mol. The molecule has 0 bridgehead atoms. The first-order valence-corrected chi connectivity index (χ1v) is 8.06. The second-order valence-corrected chi connectivity index (χ2v) is 6.78. The molecule has 0 aliphatic rings. The van der Waals surface area contributed by atoms with Gasteiger partial charge in [-0.15, -0.1) is 0 Å². The molecule has 114 valence electrons. The molecule has 0 heterocycles. The maximum Gasteiger partial charge on any atom is 0.232 e. The number of hydrogen-bond donors (Lipinski definition) is 2. The molecule has 0 amide bonds. The summed E-state index contributed by atoms with van der Waals surface area (Å²) >= 11 is 0. The van der Waals surface area contributed by atoms with Crippen LogP contribution in [0.4, 0.5) is 14.5 Å². The largest absolute Gasteiger partial charge is 0.314 e. The fourth-order valence-corrected chi connectivity index (χ4v) is 2.73. The van der Waals surface area contributed by atoms with Crippen LogP contribution >= 0.6 is 0 Å². The van der Waals surface area contributed by atoms with E-state index in [1.165, 1.54) is 13.0 Å². The van der Waals surface area contributed by atoms with Gasteiger partial charge in [-0.1, -0.05) is 19.9 Å². The van der Waals surface area contributed by atoms with E-state index in [2.05, 4.69) is 5.32 Å². The number of benzene rings is 1. The smallest absolute Gasteiger partial charge is 0.232 e. The van der Waals surface area contributed by atoms with E-state index in [0.717, 1.165) is 6.07 Å². The molecule has 0 saturated carbocycles. The van der Waals surface area contributed by atoms with Gasteiger partial charge in [-0.05, 0) is 31.5 Å². The lowest BCUT2D eigenvalue weighted by atomic mass is 10.2. The van der Waals surface area contributed by atoms with Crippen LogP contribution in [0.5, 0.6) is 0 Å². The highest BCUT2D eigenvalue weighted by Crippen LogP contribution is 2.22. The number of anilines is 1. The average Bonchev–Trinajstić information content (AvgIpc) is 2.35. The number of halogens is 2. The summed E-state index contributed by atoms with van der Waals surface area (Å²) in [5.41, 5.74) is -0.424. The van der Waals surface area contributed by atoms with Gasteiger partial charge in [-0.3, -0.25) is 4.72 Å². The zero-order chi connectivity index (χ0) is 15.3. The molecule has 0 aliphatic heterocycles. The van der Waals surface area contributed by atoms with E-state index in [-0.39, 0.29) is 17.4 Å². The van der Waals surface area contributed by atoms with Crippen molar-refractivity contribution >= 4 is 15.7 Å².